The highest BCUT2D eigenvalue weighted by Crippen LogP contribution is 2.34. The van der Waals surface area contributed by atoms with E-state index in [1.807, 2.05) is 0 Å². The van der Waals surface area contributed by atoms with E-state index in [2.05, 4.69) is 26.5 Å². The Morgan fingerprint density at radius 2 is 2.11 bits per heavy atom. The molecular weight excluding hydrogens is 474 g/mol. The lowest BCUT2D eigenvalue weighted by Crippen LogP contribution is -2.39. The minimum Gasteiger partial charge on any atom is -0.503 e. The summed E-state index contributed by atoms with van der Waals surface area (Å²) in [6.45, 7) is -0.473. The Hall–Kier alpha value is -2.30. The first-order chi connectivity index (χ1) is 13.1. The summed E-state index contributed by atoms with van der Waals surface area (Å²) in [7, 11) is -2.31. The number of rotatable bonds is 7. The van der Waals surface area contributed by atoms with Crippen LogP contribution < -0.4 is 14.5 Å². The summed E-state index contributed by atoms with van der Waals surface area (Å²) >= 11 is 9.08. The van der Waals surface area contributed by atoms with E-state index in [1.54, 1.807) is 18.2 Å². The lowest BCUT2D eigenvalue weighted by molar-refractivity contribution is -0.119. The third kappa shape index (κ3) is 5.85. The third-order valence-corrected chi connectivity index (χ3v) is 5.44. The minimum atomic E-state index is -3.71. The van der Waals surface area contributed by atoms with E-state index in [-0.39, 0.29) is 17.2 Å². The van der Waals surface area contributed by atoms with Gasteiger partial charge in [0.25, 0.3) is 5.91 Å². The summed E-state index contributed by atoms with van der Waals surface area (Å²) in [4.78, 5) is 12.2. The maximum absolute atomic E-state index is 12.2. The number of ether oxygens (including phenoxy) is 1. The minimum absolute atomic E-state index is 0.0611. The van der Waals surface area contributed by atoms with Gasteiger partial charge in [0.05, 0.1) is 29.7 Å². The first-order valence-corrected chi connectivity index (χ1v) is 10.8. The van der Waals surface area contributed by atoms with Crippen LogP contribution in [-0.2, 0) is 14.8 Å². The predicted octanol–water partition coefficient (Wildman–Crippen LogP) is 2.73. The van der Waals surface area contributed by atoms with Gasteiger partial charge in [-0.15, -0.1) is 0 Å². The van der Waals surface area contributed by atoms with Crippen molar-refractivity contribution in [1.29, 1.82) is 0 Å². The Kier molecular flexibility index (Phi) is 7.28. The van der Waals surface area contributed by atoms with Crippen molar-refractivity contribution in [2.45, 2.75) is 0 Å². The molecule has 0 saturated carbocycles. The molecule has 2 rings (SSSR count). The number of nitrogens with zero attached hydrogens (tertiary/aromatic N) is 2. The summed E-state index contributed by atoms with van der Waals surface area (Å²) in [6, 6.07) is 9.25. The number of phenols is 1. The smallest absolute Gasteiger partial charge is 0.260 e. The summed E-state index contributed by atoms with van der Waals surface area (Å²) in [5.41, 5.74) is 3.07. The Labute approximate surface area is 175 Å². The standard InChI is InChI=1S/C17H17BrClN3O5S/c1-27-15-7-11(6-14(18)17(15)24)9-20-21-16(23)10-22(28(2,25)26)13-5-3-4-12(19)8-13/h3-9,24H,10H2,1-2H3,(H,21,23)/b20-9+. The van der Waals surface area contributed by atoms with Gasteiger partial charge in [-0.05, 0) is 51.8 Å². The van der Waals surface area contributed by atoms with Gasteiger partial charge in [-0.25, -0.2) is 13.8 Å². The van der Waals surface area contributed by atoms with Crippen LogP contribution in [-0.4, -0.2) is 45.6 Å². The molecule has 0 aliphatic carbocycles. The molecule has 0 unspecified atom stereocenters. The Morgan fingerprint density at radius 1 is 1.39 bits per heavy atom. The Bertz CT molecular complexity index is 1010. The highest BCUT2D eigenvalue weighted by atomic mass is 79.9. The van der Waals surface area contributed by atoms with Crippen LogP contribution >= 0.6 is 27.5 Å². The molecule has 0 heterocycles. The molecule has 2 aromatic carbocycles. The van der Waals surface area contributed by atoms with E-state index < -0.39 is 22.5 Å². The summed E-state index contributed by atoms with van der Waals surface area (Å²) < 4.78 is 30.4. The zero-order valence-corrected chi connectivity index (χ0v) is 18.0. The van der Waals surface area contributed by atoms with Crippen molar-refractivity contribution in [3.05, 3.63) is 51.5 Å². The molecule has 0 spiro atoms. The average Bonchev–Trinajstić information content (AvgIpc) is 2.61. The van der Waals surface area contributed by atoms with Gasteiger partial charge in [-0.3, -0.25) is 9.10 Å². The molecule has 2 N–H and O–H groups in total. The van der Waals surface area contributed by atoms with Gasteiger partial charge in [0.1, 0.15) is 6.54 Å². The van der Waals surface area contributed by atoms with Crippen molar-refractivity contribution in [3.63, 3.8) is 0 Å². The SMILES string of the molecule is COc1cc(/C=N/NC(=O)CN(c2cccc(Cl)c2)S(C)(=O)=O)cc(Br)c1O. The average molecular weight is 491 g/mol. The summed E-state index contributed by atoms with van der Waals surface area (Å²) in [5.74, 6) is -0.480. The van der Waals surface area contributed by atoms with Crippen molar-refractivity contribution in [2.75, 3.05) is 24.2 Å². The zero-order chi connectivity index (χ0) is 20.9. The number of benzene rings is 2. The van der Waals surface area contributed by atoms with Gasteiger partial charge >= 0.3 is 0 Å². The molecule has 1 amide bonds. The molecule has 0 aromatic heterocycles. The van der Waals surface area contributed by atoms with Crippen molar-refractivity contribution in [3.8, 4) is 11.5 Å². The van der Waals surface area contributed by atoms with Crippen LogP contribution in [0.25, 0.3) is 0 Å². The van der Waals surface area contributed by atoms with Crippen molar-refractivity contribution >= 4 is 55.4 Å². The molecule has 0 radical (unpaired) electrons. The van der Waals surface area contributed by atoms with Crippen LogP contribution in [0.3, 0.4) is 0 Å². The van der Waals surface area contributed by atoms with E-state index >= 15 is 0 Å². The third-order valence-electron chi connectivity index (χ3n) is 3.46. The fourth-order valence-electron chi connectivity index (χ4n) is 2.20. The lowest BCUT2D eigenvalue weighted by Gasteiger charge is -2.21. The summed E-state index contributed by atoms with van der Waals surface area (Å²) in [6.07, 6.45) is 2.32. The molecule has 8 nitrogen and oxygen atoms in total. The van der Waals surface area contributed by atoms with Crippen molar-refractivity contribution in [2.24, 2.45) is 5.10 Å². The zero-order valence-electron chi connectivity index (χ0n) is 14.9. The van der Waals surface area contributed by atoms with Gasteiger partial charge in [0, 0.05) is 5.02 Å². The number of anilines is 1. The molecular formula is C17H17BrClN3O5S. The number of halogens is 2. The number of nitrogens with one attached hydrogen (secondary N) is 1. The highest BCUT2D eigenvalue weighted by molar-refractivity contribution is 9.10. The number of hydrazone groups is 1. The number of amides is 1. The molecule has 0 bridgehead atoms. The van der Waals surface area contributed by atoms with Crippen LogP contribution in [0.2, 0.25) is 5.02 Å². The van der Waals surface area contributed by atoms with Crippen LogP contribution in [0, 0.1) is 0 Å². The topological polar surface area (TPSA) is 108 Å². The molecule has 0 saturated heterocycles. The van der Waals surface area contributed by atoms with Gasteiger partial charge < -0.3 is 9.84 Å². The van der Waals surface area contributed by atoms with Crippen molar-refractivity contribution in [1.82, 2.24) is 5.43 Å². The normalized spacial score (nSPS) is 11.4. The second kappa shape index (κ2) is 9.26. The number of phenolic OH excluding ortho intramolecular Hbond substituents is 1. The number of methoxy groups -OCH3 is 1. The second-order valence-corrected chi connectivity index (χ2v) is 8.79. The van der Waals surface area contributed by atoms with Gasteiger partial charge in [0.15, 0.2) is 11.5 Å². The Morgan fingerprint density at radius 3 is 2.71 bits per heavy atom. The van der Waals surface area contributed by atoms with Crippen LogP contribution in [0.15, 0.2) is 46.0 Å². The number of sulfonamides is 1. The fraction of sp³-hybridized carbons (Fsp3) is 0.176. The monoisotopic (exact) mass is 489 g/mol. The molecule has 11 heteroatoms. The number of carbonyl (C=O) groups excluding carboxylic acids is 1. The summed E-state index contributed by atoms with van der Waals surface area (Å²) in [5, 5.41) is 13.9. The largest absolute Gasteiger partial charge is 0.503 e. The number of carbonyl (C=O) groups is 1. The fourth-order valence-corrected chi connectivity index (χ4v) is 3.69. The maximum atomic E-state index is 12.2. The van der Waals surface area contributed by atoms with Crippen LogP contribution in [0.5, 0.6) is 11.5 Å². The first-order valence-electron chi connectivity index (χ1n) is 7.73. The first kappa shape index (κ1) is 22.0. The number of hydrogen-bond acceptors (Lipinski definition) is 6. The molecule has 28 heavy (non-hydrogen) atoms. The van der Waals surface area contributed by atoms with E-state index in [0.717, 1.165) is 10.6 Å². The van der Waals surface area contributed by atoms with Gasteiger partial charge in [-0.2, -0.15) is 5.10 Å². The quantitative estimate of drug-likeness (QED) is 0.458. The molecule has 0 atom stereocenters. The molecule has 0 aliphatic heterocycles. The molecule has 150 valence electrons. The second-order valence-electron chi connectivity index (χ2n) is 5.60. The Balaban J connectivity index is 2.12. The van der Waals surface area contributed by atoms with Crippen LogP contribution in [0.1, 0.15) is 5.56 Å². The highest BCUT2D eigenvalue weighted by Gasteiger charge is 2.20. The van der Waals surface area contributed by atoms with E-state index in [1.165, 1.54) is 31.5 Å². The molecule has 0 fully saturated rings. The number of aromatic hydroxyl groups is 1. The maximum Gasteiger partial charge on any atom is 0.260 e. The van der Waals surface area contributed by atoms with E-state index in [9.17, 15) is 18.3 Å². The number of hydrogen-bond donors (Lipinski definition) is 2. The molecule has 0 aliphatic rings. The van der Waals surface area contributed by atoms with Gasteiger partial charge in [-0.1, -0.05) is 17.7 Å². The van der Waals surface area contributed by atoms with Crippen LogP contribution in [0.4, 0.5) is 5.69 Å². The predicted molar refractivity (Wildman–Crippen MR) is 112 cm³/mol. The van der Waals surface area contributed by atoms with Crippen molar-refractivity contribution < 1.29 is 23.1 Å². The van der Waals surface area contributed by atoms with E-state index in [4.69, 9.17) is 16.3 Å². The molecule has 2 aromatic rings. The van der Waals surface area contributed by atoms with E-state index in [0.29, 0.717) is 15.1 Å². The lowest BCUT2D eigenvalue weighted by atomic mass is 10.2. The van der Waals surface area contributed by atoms with Gasteiger partial charge in [0.2, 0.25) is 10.0 Å².